The maximum absolute atomic E-state index is 12.5. The fourth-order valence-corrected chi connectivity index (χ4v) is 2.57. The molecule has 0 atom stereocenters. The summed E-state index contributed by atoms with van der Waals surface area (Å²) in [6.45, 7) is 3.39. The second-order valence-electron chi connectivity index (χ2n) is 2.77. The molecule has 0 fully saturated rings. The summed E-state index contributed by atoms with van der Waals surface area (Å²) in [5, 5.41) is 8.40. The molecule has 0 aromatic heterocycles. The summed E-state index contributed by atoms with van der Waals surface area (Å²) in [5.41, 5.74) is 0. The highest BCUT2D eigenvalue weighted by Crippen LogP contribution is 2.48. The van der Waals surface area contributed by atoms with Gasteiger partial charge in [-0.1, -0.05) is 0 Å². The van der Waals surface area contributed by atoms with Crippen LogP contribution in [0, 0.1) is 0 Å². The summed E-state index contributed by atoms with van der Waals surface area (Å²) >= 11 is 0. The van der Waals surface area contributed by atoms with E-state index in [0.717, 1.165) is 0 Å². The molecule has 6 heteroatoms. The standard InChI is InChI=1S/C9H18FO4P/c1-3-13-15(12,14-4-2)7-5-6-9(10)8-11/h6,11H,3-5,7-8H2,1-2H3/b9-6+. The van der Waals surface area contributed by atoms with Crippen molar-refractivity contribution in [3.05, 3.63) is 11.9 Å². The molecule has 0 spiro atoms. The number of allylic oxidation sites excluding steroid dienone is 1. The summed E-state index contributed by atoms with van der Waals surface area (Å²) in [6.07, 6.45) is 1.54. The first-order chi connectivity index (χ1) is 7.08. The van der Waals surface area contributed by atoms with Crippen LogP contribution in [-0.4, -0.2) is 31.1 Å². The molecule has 0 amide bonds. The summed E-state index contributed by atoms with van der Waals surface area (Å²) in [5.74, 6) is -0.630. The smallest absolute Gasteiger partial charge is 0.330 e. The number of rotatable bonds is 8. The molecule has 0 heterocycles. The maximum Gasteiger partial charge on any atom is 0.330 e. The van der Waals surface area contributed by atoms with Crippen LogP contribution >= 0.6 is 7.60 Å². The van der Waals surface area contributed by atoms with Gasteiger partial charge in [0.25, 0.3) is 0 Å². The van der Waals surface area contributed by atoms with Crippen molar-refractivity contribution in [2.75, 3.05) is 26.0 Å². The second kappa shape index (κ2) is 7.99. The average molecular weight is 240 g/mol. The highest BCUT2D eigenvalue weighted by atomic mass is 31.2. The van der Waals surface area contributed by atoms with Crippen LogP contribution < -0.4 is 0 Å². The number of halogens is 1. The van der Waals surface area contributed by atoms with Crippen molar-refractivity contribution in [3.63, 3.8) is 0 Å². The number of aliphatic hydroxyl groups is 1. The zero-order valence-corrected chi connectivity index (χ0v) is 10.0. The van der Waals surface area contributed by atoms with Gasteiger partial charge in [-0.15, -0.1) is 0 Å². The van der Waals surface area contributed by atoms with Crippen LogP contribution in [0.15, 0.2) is 11.9 Å². The Hall–Kier alpha value is -0.220. The quantitative estimate of drug-likeness (QED) is 0.662. The molecule has 0 radical (unpaired) electrons. The summed E-state index contributed by atoms with van der Waals surface area (Å²) in [7, 11) is -3.08. The van der Waals surface area contributed by atoms with Crippen LogP contribution in [0.5, 0.6) is 0 Å². The van der Waals surface area contributed by atoms with Crippen LogP contribution in [0.2, 0.25) is 0 Å². The molecule has 0 bridgehead atoms. The minimum absolute atomic E-state index is 0.127. The number of hydrogen-bond donors (Lipinski definition) is 1. The first-order valence-electron chi connectivity index (χ1n) is 4.91. The van der Waals surface area contributed by atoms with Gasteiger partial charge in [0.1, 0.15) is 5.83 Å². The molecule has 0 rings (SSSR count). The van der Waals surface area contributed by atoms with Crippen LogP contribution in [-0.2, 0) is 13.6 Å². The molecule has 0 saturated heterocycles. The first kappa shape index (κ1) is 14.8. The van der Waals surface area contributed by atoms with E-state index in [1.54, 1.807) is 13.8 Å². The van der Waals surface area contributed by atoms with E-state index in [1.807, 2.05) is 0 Å². The minimum atomic E-state index is -3.08. The number of hydrogen-bond acceptors (Lipinski definition) is 4. The van der Waals surface area contributed by atoms with Crippen molar-refractivity contribution in [1.29, 1.82) is 0 Å². The molecule has 0 unspecified atom stereocenters. The third kappa shape index (κ3) is 6.79. The Morgan fingerprint density at radius 2 is 1.93 bits per heavy atom. The van der Waals surface area contributed by atoms with E-state index in [0.29, 0.717) is 13.2 Å². The predicted molar refractivity (Wildman–Crippen MR) is 56.6 cm³/mol. The van der Waals surface area contributed by atoms with Gasteiger partial charge < -0.3 is 14.2 Å². The number of aliphatic hydroxyl groups excluding tert-OH is 1. The van der Waals surface area contributed by atoms with Gasteiger partial charge in [0.05, 0.1) is 26.0 Å². The van der Waals surface area contributed by atoms with Gasteiger partial charge in [-0.05, 0) is 26.3 Å². The van der Waals surface area contributed by atoms with Crippen LogP contribution in [0.4, 0.5) is 4.39 Å². The monoisotopic (exact) mass is 240 g/mol. The molecule has 0 aliphatic rings. The van der Waals surface area contributed by atoms with E-state index in [2.05, 4.69) is 0 Å². The van der Waals surface area contributed by atoms with E-state index < -0.39 is 20.0 Å². The molecule has 1 N–H and O–H groups in total. The Morgan fingerprint density at radius 1 is 1.40 bits per heavy atom. The van der Waals surface area contributed by atoms with Gasteiger partial charge in [0.15, 0.2) is 0 Å². The SMILES string of the molecule is CCOP(=O)(CC/C=C(/F)CO)OCC. The lowest BCUT2D eigenvalue weighted by Crippen LogP contribution is -1.99. The van der Waals surface area contributed by atoms with E-state index in [1.165, 1.54) is 6.08 Å². The van der Waals surface area contributed by atoms with E-state index in [9.17, 15) is 8.96 Å². The van der Waals surface area contributed by atoms with Crippen molar-refractivity contribution < 1.29 is 23.1 Å². The Balaban J connectivity index is 4.12. The van der Waals surface area contributed by atoms with Crippen molar-refractivity contribution in [3.8, 4) is 0 Å². The summed E-state index contributed by atoms with van der Waals surface area (Å²) < 4.78 is 34.4. The third-order valence-corrected chi connectivity index (χ3v) is 3.68. The Morgan fingerprint density at radius 3 is 2.33 bits per heavy atom. The van der Waals surface area contributed by atoms with Crippen molar-refractivity contribution in [2.45, 2.75) is 20.3 Å². The van der Waals surface area contributed by atoms with Gasteiger partial charge in [0.2, 0.25) is 0 Å². The third-order valence-electron chi connectivity index (χ3n) is 1.57. The predicted octanol–water partition coefficient (Wildman–Crippen LogP) is 2.49. The zero-order valence-electron chi connectivity index (χ0n) is 9.11. The molecule has 0 aromatic carbocycles. The molecule has 0 aliphatic heterocycles. The van der Waals surface area contributed by atoms with Crippen LogP contribution in [0.1, 0.15) is 20.3 Å². The highest BCUT2D eigenvalue weighted by Gasteiger charge is 2.21. The fraction of sp³-hybridized carbons (Fsp3) is 0.778. The topological polar surface area (TPSA) is 55.8 Å². The lowest BCUT2D eigenvalue weighted by Gasteiger charge is -2.15. The zero-order chi connectivity index (χ0) is 11.7. The molecule has 0 aliphatic carbocycles. The van der Waals surface area contributed by atoms with Crippen LogP contribution in [0.25, 0.3) is 0 Å². The van der Waals surface area contributed by atoms with Crippen LogP contribution in [0.3, 0.4) is 0 Å². The highest BCUT2D eigenvalue weighted by molar-refractivity contribution is 7.53. The lowest BCUT2D eigenvalue weighted by molar-refractivity contribution is 0.220. The minimum Gasteiger partial charge on any atom is -0.389 e. The van der Waals surface area contributed by atoms with E-state index in [-0.39, 0.29) is 12.6 Å². The van der Waals surface area contributed by atoms with Gasteiger partial charge in [0, 0.05) is 0 Å². The van der Waals surface area contributed by atoms with E-state index >= 15 is 0 Å². The molecule has 15 heavy (non-hydrogen) atoms. The molecule has 90 valence electrons. The van der Waals surface area contributed by atoms with Crippen molar-refractivity contribution in [1.82, 2.24) is 0 Å². The summed E-state index contributed by atoms with van der Waals surface area (Å²) in [6, 6.07) is 0. The molecule has 4 nitrogen and oxygen atoms in total. The average Bonchev–Trinajstić information content (AvgIpc) is 2.18. The Labute approximate surface area is 89.6 Å². The maximum atomic E-state index is 12.5. The molecule has 0 aromatic rings. The Bertz CT molecular complexity index is 232. The van der Waals surface area contributed by atoms with Gasteiger partial charge >= 0.3 is 7.60 Å². The fourth-order valence-electron chi connectivity index (χ4n) is 1.00. The van der Waals surface area contributed by atoms with Crippen molar-refractivity contribution >= 4 is 7.60 Å². The molecular weight excluding hydrogens is 222 g/mol. The van der Waals surface area contributed by atoms with Gasteiger partial charge in [-0.3, -0.25) is 4.57 Å². The first-order valence-corrected chi connectivity index (χ1v) is 6.64. The second-order valence-corrected chi connectivity index (χ2v) is 4.95. The normalized spacial score (nSPS) is 13.2. The summed E-state index contributed by atoms with van der Waals surface area (Å²) in [4.78, 5) is 0. The lowest BCUT2D eigenvalue weighted by atomic mass is 10.4. The molecular formula is C9H18FO4P. The van der Waals surface area contributed by atoms with E-state index in [4.69, 9.17) is 14.2 Å². The molecule has 0 saturated carbocycles. The van der Waals surface area contributed by atoms with Gasteiger partial charge in [-0.2, -0.15) is 0 Å². The van der Waals surface area contributed by atoms with Crippen molar-refractivity contribution in [2.24, 2.45) is 0 Å². The van der Waals surface area contributed by atoms with Gasteiger partial charge in [-0.25, -0.2) is 4.39 Å². The Kier molecular flexibility index (Phi) is 7.88. The largest absolute Gasteiger partial charge is 0.389 e.